The third-order valence-electron chi connectivity index (χ3n) is 3.39. The van der Waals surface area contributed by atoms with E-state index in [0.29, 0.717) is 21.9 Å². The van der Waals surface area contributed by atoms with Crippen LogP contribution in [0.25, 0.3) is 0 Å². The van der Waals surface area contributed by atoms with E-state index < -0.39 is 16.4 Å². The molecule has 0 aromatic carbocycles. The fourth-order valence-corrected chi connectivity index (χ4v) is 3.94. The number of ether oxygens (including phenoxy) is 1. The fraction of sp³-hybridized carbons (Fsp3) is 0.533. The number of fused-ring (bicyclic) bond motifs is 1. The predicted molar refractivity (Wildman–Crippen MR) is 84.2 cm³/mol. The second-order valence-corrected chi connectivity index (χ2v) is 7.91. The van der Waals surface area contributed by atoms with E-state index in [0.717, 1.165) is 5.57 Å². The number of aliphatic hydroxyl groups excluding tert-OH is 1. The number of nitrogens with two attached hydrogens (primary N) is 1. The molecule has 1 unspecified atom stereocenters. The highest BCUT2D eigenvalue weighted by molar-refractivity contribution is 8.05. The Hall–Kier alpha value is -1.56. The predicted octanol–water partition coefficient (Wildman–Crippen LogP) is 2.67. The smallest absolute Gasteiger partial charge is 0.347 e. The third-order valence-corrected chi connectivity index (χ3v) is 4.70. The maximum Gasteiger partial charge on any atom is 0.347 e. The molecule has 2 rings (SSSR count). The van der Waals surface area contributed by atoms with Crippen LogP contribution in [-0.4, -0.2) is 21.5 Å². The van der Waals surface area contributed by atoms with Crippen LogP contribution in [0.4, 0.5) is 0 Å². The molecular formula is C15H22N2O3S. The van der Waals surface area contributed by atoms with Gasteiger partial charge in [0.25, 0.3) is 0 Å². The molecule has 21 heavy (non-hydrogen) atoms. The summed E-state index contributed by atoms with van der Waals surface area (Å²) in [6.07, 6.45) is 0. The van der Waals surface area contributed by atoms with Gasteiger partial charge in [-0.05, 0) is 41.5 Å². The molecule has 0 aromatic rings. The van der Waals surface area contributed by atoms with Crippen molar-refractivity contribution in [3.63, 3.8) is 0 Å². The number of allylic oxidation sites excluding steroid dienone is 2. The first-order valence-electron chi connectivity index (χ1n) is 6.78. The maximum atomic E-state index is 12.3. The van der Waals surface area contributed by atoms with E-state index in [1.807, 2.05) is 27.7 Å². The van der Waals surface area contributed by atoms with Gasteiger partial charge in [-0.15, -0.1) is 0 Å². The molecule has 4 N–H and O–H groups in total. The molecule has 0 spiro atoms. The highest BCUT2D eigenvalue weighted by Gasteiger charge is 2.47. The van der Waals surface area contributed by atoms with Crippen molar-refractivity contribution in [2.45, 2.75) is 52.0 Å². The van der Waals surface area contributed by atoms with Crippen molar-refractivity contribution in [3.05, 3.63) is 33.2 Å². The monoisotopic (exact) mass is 310 g/mol. The van der Waals surface area contributed by atoms with Crippen molar-refractivity contribution >= 4 is 17.7 Å². The highest BCUT2D eigenvalue weighted by Crippen LogP contribution is 2.51. The van der Waals surface area contributed by atoms with E-state index in [9.17, 15) is 9.90 Å². The van der Waals surface area contributed by atoms with Crippen molar-refractivity contribution in [2.75, 3.05) is 0 Å². The van der Waals surface area contributed by atoms with Gasteiger partial charge in [-0.2, -0.15) is 0 Å². The van der Waals surface area contributed by atoms with E-state index >= 15 is 0 Å². The standard InChI is InChI=1S/C15H22N2O3S/c1-7-9-10(16)12(13(19)20-14(3,4)5)21-15(9,6)17-8(2)11(7)18/h17-18H,16H2,1-6H3. The molecule has 0 saturated heterocycles. The molecule has 0 radical (unpaired) electrons. The molecule has 5 nitrogen and oxygen atoms in total. The van der Waals surface area contributed by atoms with Crippen LogP contribution < -0.4 is 11.1 Å². The van der Waals surface area contributed by atoms with Crippen molar-refractivity contribution in [3.8, 4) is 0 Å². The summed E-state index contributed by atoms with van der Waals surface area (Å²) in [4.78, 5) is 12.1. The third kappa shape index (κ3) is 2.64. The first-order chi connectivity index (χ1) is 9.46. The lowest BCUT2D eigenvalue weighted by atomic mass is 9.93. The first kappa shape index (κ1) is 15.8. The number of nitrogens with one attached hydrogen (secondary N) is 1. The van der Waals surface area contributed by atoms with Gasteiger partial charge in [0.2, 0.25) is 0 Å². The second kappa shape index (κ2) is 4.73. The molecular weight excluding hydrogens is 288 g/mol. The van der Waals surface area contributed by atoms with Crippen molar-refractivity contribution < 1.29 is 14.6 Å². The normalized spacial score (nSPS) is 26.0. The Balaban J connectivity index is 2.46. The molecule has 0 fully saturated rings. The van der Waals surface area contributed by atoms with Crippen molar-refractivity contribution in [1.29, 1.82) is 0 Å². The van der Waals surface area contributed by atoms with Crippen LogP contribution in [0.15, 0.2) is 33.2 Å². The summed E-state index contributed by atoms with van der Waals surface area (Å²) in [5, 5.41) is 13.3. The van der Waals surface area contributed by atoms with Gasteiger partial charge < -0.3 is 20.9 Å². The number of thioether (sulfide) groups is 1. The molecule has 0 saturated carbocycles. The van der Waals surface area contributed by atoms with E-state index in [1.54, 1.807) is 13.8 Å². The van der Waals surface area contributed by atoms with Gasteiger partial charge in [0.15, 0.2) is 0 Å². The van der Waals surface area contributed by atoms with Crippen LogP contribution in [-0.2, 0) is 9.53 Å². The van der Waals surface area contributed by atoms with E-state index in [-0.39, 0.29) is 5.76 Å². The molecule has 0 aliphatic carbocycles. The van der Waals surface area contributed by atoms with Crippen molar-refractivity contribution in [1.82, 2.24) is 5.32 Å². The Morgan fingerprint density at radius 2 is 1.95 bits per heavy atom. The van der Waals surface area contributed by atoms with Crippen LogP contribution in [0.3, 0.4) is 0 Å². The van der Waals surface area contributed by atoms with E-state index in [2.05, 4.69) is 5.32 Å². The molecule has 6 heteroatoms. The summed E-state index contributed by atoms with van der Waals surface area (Å²) in [5.74, 6) is -0.253. The minimum Gasteiger partial charge on any atom is -0.506 e. The van der Waals surface area contributed by atoms with Crippen LogP contribution in [0.5, 0.6) is 0 Å². The van der Waals surface area contributed by atoms with Gasteiger partial charge in [0, 0.05) is 11.1 Å². The van der Waals surface area contributed by atoms with Crippen LogP contribution in [0.1, 0.15) is 41.5 Å². The quantitative estimate of drug-likeness (QED) is 0.646. The summed E-state index contributed by atoms with van der Waals surface area (Å²) in [6.45, 7) is 11.0. The van der Waals surface area contributed by atoms with Gasteiger partial charge in [0.05, 0.1) is 11.4 Å². The minimum atomic E-state index is -0.577. The SMILES string of the molecule is CC1=C(O)C(C)=C2C(N)=C(C(=O)OC(C)(C)C)SC2(C)N1. The summed E-state index contributed by atoms with van der Waals surface area (Å²) in [7, 11) is 0. The van der Waals surface area contributed by atoms with E-state index in [1.165, 1.54) is 11.8 Å². The second-order valence-electron chi connectivity index (χ2n) is 6.48. The van der Waals surface area contributed by atoms with Crippen LogP contribution in [0, 0.1) is 0 Å². The summed E-state index contributed by atoms with van der Waals surface area (Å²) in [5.41, 5.74) is 8.07. The van der Waals surface area contributed by atoms with Gasteiger partial charge >= 0.3 is 5.97 Å². The Bertz CT molecular complexity index is 611. The van der Waals surface area contributed by atoms with Gasteiger partial charge in [-0.3, -0.25) is 0 Å². The number of hydrogen-bond acceptors (Lipinski definition) is 6. The lowest BCUT2D eigenvalue weighted by Gasteiger charge is -2.34. The zero-order chi connectivity index (χ0) is 16.2. The lowest BCUT2D eigenvalue weighted by Crippen LogP contribution is -2.42. The average Bonchev–Trinajstić information content (AvgIpc) is 2.56. The summed E-state index contributed by atoms with van der Waals surface area (Å²) in [6, 6.07) is 0. The van der Waals surface area contributed by atoms with Gasteiger partial charge in [-0.25, -0.2) is 4.79 Å². The highest BCUT2D eigenvalue weighted by atomic mass is 32.2. The zero-order valence-electron chi connectivity index (χ0n) is 13.2. The largest absolute Gasteiger partial charge is 0.506 e. The maximum absolute atomic E-state index is 12.3. The molecule has 0 bridgehead atoms. The van der Waals surface area contributed by atoms with Crippen LogP contribution in [0.2, 0.25) is 0 Å². The van der Waals surface area contributed by atoms with E-state index in [4.69, 9.17) is 10.5 Å². The van der Waals surface area contributed by atoms with Crippen molar-refractivity contribution in [2.24, 2.45) is 5.73 Å². The number of carbonyl (C=O) groups excluding carboxylic acids is 1. The molecule has 2 aliphatic rings. The Labute approximate surface area is 129 Å². The number of dihydropyridines is 1. The topological polar surface area (TPSA) is 84.6 Å². The number of aliphatic hydroxyl groups is 1. The minimum absolute atomic E-state index is 0.177. The number of esters is 1. The summed E-state index contributed by atoms with van der Waals surface area (Å²) >= 11 is 1.33. The lowest BCUT2D eigenvalue weighted by molar-refractivity contribution is -0.148. The first-order valence-corrected chi connectivity index (χ1v) is 7.60. The number of carbonyl (C=O) groups is 1. The molecule has 116 valence electrons. The molecule has 1 atom stereocenters. The molecule has 0 amide bonds. The van der Waals surface area contributed by atoms with Crippen LogP contribution >= 0.6 is 11.8 Å². The van der Waals surface area contributed by atoms with Gasteiger partial charge in [-0.1, -0.05) is 11.8 Å². The average molecular weight is 310 g/mol. The zero-order valence-corrected chi connectivity index (χ0v) is 14.1. The number of rotatable bonds is 1. The summed E-state index contributed by atoms with van der Waals surface area (Å²) < 4.78 is 5.41. The number of hydrogen-bond donors (Lipinski definition) is 3. The molecule has 2 heterocycles. The Morgan fingerprint density at radius 3 is 2.48 bits per heavy atom. The van der Waals surface area contributed by atoms with Gasteiger partial charge in [0.1, 0.15) is 21.1 Å². The fourth-order valence-electron chi connectivity index (χ4n) is 2.62. The Morgan fingerprint density at radius 1 is 1.38 bits per heavy atom. The molecule has 2 aliphatic heterocycles. The molecule has 0 aromatic heterocycles. The Kier molecular flexibility index (Phi) is 3.56.